The zero-order valence-corrected chi connectivity index (χ0v) is 12.9. The molecule has 21 heavy (non-hydrogen) atoms. The van der Waals surface area contributed by atoms with Crippen LogP contribution in [0.25, 0.3) is 0 Å². The molecule has 1 aliphatic heterocycles. The molecule has 1 aliphatic rings. The number of carbonyl (C=O) groups excluding carboxylic acids is 1. The fraction of sp³-hybridized carbons (Fsp3) is 0.500. The van der Waals surface area contributed by atoms with Crippen LogP contribution in [0, 0.1) is 0 Å². The SMILES string of the molecule is COc1ccccc1OCC(=O)N(C)[C@@H]1CCS(=O)(=O)C1. The van der Waals surface area contributed by atoms with Crippen LogP contribution in [0.5, 0.6) is 11.5 Å². The molecule has 1 heterocycles. The summed E-state index contributed by atoms with van der Waals surface area (Å²) >= 11 is 0. The van der Waals surface area contributed by atoms with Gasteiger partial charge in [-0.1, -0.05) is 12.1 Å². The van der Waals surface area contributed by atoms with E-state index in [1.807, 2.05) is 6.07 Å². The van der Waals surface area contributed by atoms with E-state index in [2.05, 4.69) is 0 Å². The molecule has 0 aromatic heterocycles. The summed E-state index contributed by atoms with van der Waals surface area (Å²) in [4.78, 5) is 13.5. The quantitative estimate of drug-likeness (QED) is 0.801. The number of hydrogen-bond acceptors (Lipinski definition) is 5. The topological polar surface area (TPSA) is 72.9 Å². The van der Waals surface area contributed by atoms with Crippen molar-refractivity contribution in [2.45, 2.75) is 12.5 Å². The lowest BCUT2D eigenvalue weighted by Crippen LogP contribution is -2.40. The highest BCUT2D eigenvalue weighted by atomic mass is 32.2. The lowest BCUT2D eigenvalue weighted by molar-refractivity contribution is -0.133. The summed E-state index contributed by atoms with van der Waals surface area (Å²) in [7, 11) is 0.131. The number of ether oxygens (including phenoxy) is 2. The van der Waals surface area contributed by atoms with Gasteiger partial charge in [-0.05, 0) is 18.6 Å². The number of nitrogens with zero attached hydrogens (tertiary/aromatic N) is 1. The molecular formula is C14H19NO5S. The summed E-state index contributed by atoms with van der Waals surface area (Å²) in [6.07, 6.45) is 0.485. The van der Waals surface area contributed by atoms with Crippen molar-refractivity contribution in [3.8, 4) is 11.5 Å². The van der Waals surface area contributed by atoms with E-state index < -0.39 is 9.84 Å². The number of methoxy groups -OCH3 is 1. The lowest BCUT2D eigenvalue weighted by atomic mass is 10.2. The van der Waals surface area contributed by atoms with Crippen molar-refractivity contribution in [2.24, 2.45) is 0 Å². The van der Waals surface area contributed by atoms with Crippen LogP contribution in [0.3, 0.4) is 0 Å². The minimum absolute atomic E-state index is 0.0316. The van der Waals surface area contributed by atoms with Crippen molar-refractivity contribution in [2.75, 3.05) is 32.3 Å². The second-order valence-electron chi connectivity index (χ2n) is 5.00. The Kier molecular flexibility index (Phi) is 4.72. The monoisotopic (exact) mass is 313 g/mol. The van der Waals surface area contributed by atoms with Crippen molar-refractivity contribution in [3.05, 3.63) is 24.3 Å². The van der Waals surface area contributed by atoms with E-state index in [1.165, 1.54) is 12.0 Å². The minimum atomic E-state index is -3.01. The Labute approximate surface area is 124 Å². The summed E-state index contributed by atoms with van der Waals surface area (Å²) in [6, 6.07) is 6.79. The molecule has 1 atom stereocenters. The second-order valence-corrected chi connectivity index (χ2v) is 7.23. The molecule has 1 aromatic rings. The van der Waals surface area contributed by atoms with Gasteiger partial charge in [0.15, 0.2) is 27.9 Å². The molecule has 1 saturated heterocycles. The first-order chi connectivity index (χ1) is 9.93. The number of para-hydroxylation sites is 2. The smallest absolute Gasteiger partial charge is 0.260 e. The van der Waals surface area contributed by atoms with E-state index in [0.29, 0.717) is 17.9 Å². The third kappa shape index (κ3) is 3.87. The standard InChI is InChI=1S/C14H19NO5S/c1-15(11-7-8-21(17,18)10-11)14(16)9-20-13-6-4-3-5-12(13)19-2/h3-6,11H,7-10H2,1-2H3/t11-/m1/s1. The fourth-order valence-electron chi connectivity index (χ4n) is 2.26. The molecule has 1 fully saturated rings. The van der Waals surface area contributed by atoms with Crippen LogP contribution < -0.4 is 9.47 Å². The molecule has 1 amide bonds. The highest BCUT2D eigenvalue weighted by Crippen LogP contribution is 2.25. The van der Waals surface area contributed by atoms with Crippen molar-refractivity contribution in [3.63, 3.8) is 0 Å². The molecule has 0 saturated carbocycles. The van der Waals surface area contributed by atoms with Gasteiger partial charge in [0.25, 0.3) is 5.91 Å². The maximum absolute atomic E-state index is 12.1. The summed E-state index contributed by atoms with van der Waals surface area (Å²) < 4.78 is 33.5. The summed E-state index contributed by atoms with van der Waals surface area (Å²) in [5.41, 5.74) is 0. The zero-order valence-electron chi connectivity index (χ0n) is 12.1. The van der Waals surface area contributed by atoms with Crippen LogP contribution in [0.2, 0.25) is 0 Å². The average Bonchev–Trinajstić information content (AvgIpc) is 2.84. The number of rotatable bonds is 5. The van der Waals surface area contributed by atoms with Crippen molar-refractivity contribution in [1.82, 2.24) is 4.90 Å². The first kappa shape index (κ1) is 15.6. The van der Waals surface area contributed by atoms with E-state index in [1.54, 1.807) is 25.2 Å². The number of amides is 1. The van der Waals surface area contributed by atoms with Crippen molar-refractivity contribution < 1.29 is 22.7 Å². The number of likely N-dealkylation sites (N-methyl/N-ethyl adjacent to an activating group) is 1. The molecule has 0 radical (unpaired) electrons. The molecule has 0 spiro atoms. The van der Waals surface area contributed by atoms with Crippen LogP contribution in [-0.4, -0.2) is 57.5 Å². The Morgan fingerprint density at radius 1 is 1.33 bits per heavy atom. The Morgan fingerprint density at radius 3 is 2.57 bits per heavy atom. The number of benzene rings is 1. The van der Waals surface area contributed by atoms with E-state index in [4.69, 9.17) is 9.47 Å². The van der Waals surface area contributed by atoms with Crippen LogP contribution in [-0.2, 0) is 14.6 Å². The highest BCUT2D eigenvalue weighted by Gasteiger charge is 2.32. The van der Waals surface area contributed by atoms with Gasteiger partial charge in [-0.25, -0.2) is 8.42 Å². The molecule has 0 aliphatic carbocycles. The van der Waals surface area contributed by atoms with Gasteiger partial charge in [0.2, 0.25) is 0 Å². The van der Waals surface area contributed by atoms with Crippen LogP contribution in [0.4, 0.5) is 0 Å². The van der Waals surface area contributed by atoms with Crippen molar-refractivity contribution >= 4 is 15.7 Å². The first-order valence-corrected chi connectivity index (χ1v) is 8.47. The number of sulfone groups is 1. The van der Waals surface area contributed by atoms with Gasteiger partial charge >= 0.3 is 0 Å². The molecular weight excluding hydrogens is 294 g/mol. The van der Waals surface area contributed by atoms with E-state index in [-0.39, 0.29) is 30.1 Å². The van der Waals surface area contributed by atoms with E-state index >= 15 is 0 Å². The molecule has 7 heteroatoms. The Hall–Kier alpha value is -1.76. The Balaban J connectivity index is 1.93. The van der Waals surface area contributed by atoms with Crippen LogP contribution in [0.15, 0.2) is 24.3 Å². The average molecular weight is 313 g/mol. The number of carbonyl (C=O) groups is 1. The van der Waals surface area contributed by atoms with Gasteiger partial charge in [0.05, 0.1) is 18.6 Å². The Bertz CT molecular complexity index is 614. The van der Waals surface area contributed by atoms with Gasteiger partial charge in [0, 0.05) is 13.1 Å². The second kappa shape index (κ2) is 6.34. The lowest BCUT2D eigenvalue weighted by Gasteiger charge is -2.23. The van der Waals surface area contributed by atoms with Gasteiger partial charge in [-0.2, -0.15) is 0 Å². The summed E-state index contributed by atoms with van der Waals surface area (Å²) in [5, 5.41) is 0. The van der Waals surface area contributed by atoms with Crippen LogP contribution in [0.1, 0.15) is 6.42 Å². The third-order valence-electron chi connectivity index (χ3n) is 3.57. The predicted molar refractivity (Wildman–Crippen MR) is 78.3 cm³/mol. The maximum atomic E-state index is 12.1. The van der Waals surface area contributed by atoms with Gasteiger partial charge in [-0.3, -0.25) is 4.79 Å². The predicted octanol–water partition coefficient (Wildman–Crippen LogP) is 0.720. The molecule has 1 aromatic carbocycles. The molecule has 0 N–H and O–H groups in total. The normalized spacial score (nSPS) is 20.0. The fourth-order valence-corrected chi connectivity index (χ4v) is 4.04. The van der Waals surface area contributed by atoms with E-state index in [9.17, 15) is 13.2 Å². The molecule has 116 valence electrons. The van der Waals surface area contributed by atoms with Gasteiger partial charge < -0.3 is 14.4 Å². The summed E-state index contributed by atoms with van der Waals surface area (Å²) in [6.45, 7) is -0.145. The third-order valence-corrected chi connectivity index (χ3v) is 5.32. The summed E-state index contributed by atoms with van der Waals surface area (Å²) in [5.74, 6) is 0.965. The molecule has 0 unspecified atom stereocenters. The van der Waals surface area contributed by atoms with E-state index in [0.717, 1.165) is 0 Å². The van der Waals surface area contributed by atoms with Gasteiger partial charge in [-0.15, -0.1) is 0 Å². The largest absolute Gasteiger partial charge is 0.493 e. The zero-order chi connectivity index (χ0) is 15.5. The minimum Gasteiger partial charge on any atom is -0.493 e. The molecule has 6 nitrogen and oxygen atoms in total. The van der Waals surface area contributed by atoms with Gasteiger partial charge in [0.1, 0.15) is 0 Å². The van der Waals surface area contributed by atoms with Crippen molar-refractivity contribution in [1.29, 1.82) is 0 Å². The molecule has 0 bridgehead atoms. The highest BCUT2D eigenvalue weighted by molar-refractivity contribution is 7.91. The first-order valence-electron chi connectivity index (χ1n) is 6.65. The van der Waals surface area contributed by atoms with Crippen LogP contribution >= 0.6 is 0 Å². The Morgan fingerprint density at radius 2 is 2.00 bits per heavy atom. The molecule has 2 rings (SSSR count). The maximum Gasteiger partial charge on any atom is 0.260 e. The number of hydrogen-bond donors (Lipinski definition) is 0.